The van der Waals surface area contributed by atoms with Crippen molar-refractivity contribution < 1.29 is 10.4 Å². The number of rotatable bonds is 0. The molecular weight excluding hydrogens is 192 g/mol. The lowest BCUT2D eigenvalue weighted by Gasteiger charge is -2.64. The minimum Gasteiger partial charge on any atom is -0.411 e. The zero-order valence-electron chi connectivity index (χ0n) is 8.17. The molecule has 7 aliphatic rings. The summed E-state index contributed by atoms with van der Waals surface area (Å²) in [6, 6.07) is 0. The van der Waals surface area contributed by atoms with Crippen molar-refractivity contribution in [3.63, 3.8) is 0 Å². The number of nitrogens with zero attached hydrogens (tertiary/aromatic N) is 2. The maximum Gasteiger partial charge on any atom is 0.0682 e. The highest BCUT2D eigenvalue weighted by molar-refractivity contribution is 6.13. The van der Waals surface area contributed by atoms with Crippen LogP contribution < -0.4 is 0 Å². The van der Waals surface area contributed by atoms with E-state index >= 15 is 0 Å². The van der Waals surface area contributed by atoms with Gasteiger partial charge in [0, 0.05) is 23.2 Å². The zero-order valence-corrected chi connectivity index (χ0v) is 8.17. The highest BCUT2D eigenvalue weighted by atomic mass is 16.4. The largest absolute Gasteiger partial charge is 0.411 e. The molecule has 0 aliphatic heterocycles. The van der Waals surface area contributed by atoms with Crippen LogP contribution in [0, 0.1) is 40.9 Å². The van der Waals surface area contributed by atoms with Gasteiger partial charge in [-0.3, -0.25) is 0 Å². The van der Waals surface area contributed by atoms with Gasteiger partial charge in [-0.2, -0.15) is 0 Å². The van der Waals surface area contributed by atoms with Crippen molar-refractivity contribution in [3.8, 4) is 0 Å². The molecule has 0 amide bonds. The Morgan fingerprint density at radius 1 is 1.20 bits per heavy atom. The molecule has 7 unspecified atom stereocenters. The minimum atomic E-state index is 0.156. The molecule has 7 saturated carbocycles. The molecule has 2 N–H and O–H groups in total. The van der Waals surface area contributed by atoms with Crippen LogP contribution in [0.15, 0.2) is 10.3 Å². The molecule has 0 saturated heterocycles. The van der Waals surface area contributed by atoms with E-state index in [4.69, 9.17) is 5.21 Å². The summed E-state index contributed by atoms with van der Waals surface area (Å²) in [5, 5.41) is 25.4. The average Bonchev–Trinajstić information content (AvgIpc) is 2.64. The first-order chi connectivity index (χ1) is 7.34. The molecule has 4 heteroatoms. The van der Waals surface area contributed by atoms with E-state index in [0.717, 1.165) is 29.2 Å². The topological polar surface area (TPSA) is 65.2 Å². The van der Waals surface area contributed by atoms with Gasteiger partial charge in [-0.05, 0) is 30.6 Å². The van der Waals surface area contributed by atoms with E-state index in [9.17, 15) is 5.21 Å². The lowest BCUT2D eigenvalue weighted by molar-refractivity contribution is -0.151. The SMILES string of the molecule is ON=C1C2C3CC4C(/C3=N\O)C13CC2C43. The van der Waals surface area contributed by atoms with Crippen molar-refractivity contribution in [2.75, 3.05) is 0 Å². The molecule has 4 nitrogen and oxygen atoms in total. The smallest absolute Gasteiger partial charge is 0.0682 e. The van der Waals surface area contributed by atoms with Crippen LogP contribution in [0.3, 0.4) is 0 Å². The lowest BCUT2D eigenvalue weighted by Crippen LogP contribution is -2.64. The molecule has 0 radical (unpaired) electrons. The molecule has 0 aromatic carbocycles. The Morgan fingerprint density at radius 3 is 2.80 bits per heavy atom. The van der Waals surface area contributed by atoms with Crippen molar-refractivity contribution in [3.05, 3.63) is 0 Å². The summed E-state index contributed by atoms with van der Waals surface area (Å²) in [6.45, 7) is 0. The molecule has 1 spiro atoms. The predicted octanol–water partition coefficient (Wildman–Crippen LogP) is 1.18. The van der Waals surface area contributed by atoms with Crippen LogP contribution in [0.2, 0.25) is 0 Å². The van der Waals surface area contributed by atoms with E-state index in [-0.39, 0.29) is 5.41 Å². The number of hydrogen-bond acceptors (Lipinski definition) is 4. The van der Waals surface area contributed by atoms with E-state index in [1.54, 1.807) is 0 Å². The van der Waals surface area contributed by atoms with E-state index in [1.807, 2.05) is 0 Å². The monoisotopic (exact) mass is 204 g/mol. The summed E-state index contributed by atoms with van der Waals surface area (Å²) in [5.41, 5.74) is 2.26. The van der Waals surface area contributed by atoms with E-state index < -0.39 is 0 Å². The van der Waals surface area contributed by atoms with Gasteiger partial charge in [0.2, 0.25) is 0 Å². The van der Waals surface area contributed by atoms with Gasteiger partial charge in [-0.15, -0.1) is 0 Å². The van der Waals surface area contributed by atoms with Gasteiger partial charge >= 0.3 is 0 Å². The molecule has 7 rings (SSSR count). The Labute approximate surface area is 86.6 Å². The molecular formula is C11H12N2O2. The van der Waals surface area contributed by atoms with Crippen LogP contribution in [0.25, 0.3) is 0 Å². The van der Waals surface area contributed by atoms with E-state index in [1.165, 1.54) is 12.8 Å². The highest BCUT2D eigenvalue weighted by Gasteiger charge is 2.88. The summed E-state index contributed by atoms with van der Waals surface area (Å²) in [5.74, 6) is 3.51. The molecule has 7 aliphatic carbocycles. The Morgan fingerprint density at radius 2 is 2.07 bits per heavy atom. The van der Waals surface area contributed by atoms with Crippen LogP contribution in [0.4, 0.5) is 0 Å². The van der Waals surface area contributed by atoms with Gasteiger partial charge in [-0.1, -0.05) is 10.3 Å². The summed E-state index contributed by atoms with van der Waals surface area (Å²) in [7, 11) is 0. The van der Waals surface area contributed by atoms with Gasteiger partial charge in [0.1, 0.15) is 0 Å². The van der Waals surface area contributed by atoms with Crippen LogP contribution in [0.5, 0.6) is 0 Å². The van der Waals surface area contributed by atoms with Crippen LogP contribution in [-0.4, -0.2) is 21.8 Å². The van der Waals surface area contributed by atoms with Gasteiger partial charge in [0.05, 0.1) is 11.4 Å². The molecule has 15 heavy (non-hydrogen) atoms. The van der Waals surface area contributed by atoms with Crippen molar-refractivity contribution in [2.24, 2.45) is 51.2 Å². The van der Waals surface area contributed by atoms with E-state index in [2.05, 4.69) is 10.3 Å². The average molecular weight is 204 g/mol. The maximum absolute atomic E-state index is 9.18. The summed E-state index contributed by atoms with van der Waals surface area (Å²) in [6.07, 6.45) is 2.37. The number of oxime groups is 2. The minimum absolute atomic E-state index is 0.156. The lowest BCUT2D eigenvalue weighted by atomic mass is 9.38. The Hall–Kier alpha value is -1.06. The third kappa shape index (κ3) is 0.404. The molecule has 0 aromatic heterocycles. The zero-order chi connectivity index (χ0) is 9.95. The van der Waals surface area contributed by atoms with Crippen LogP contribution >= 0.6 is 0 Å². The van der Waals surface area contributed by atoms with Gasteiger partial charge in [0.25, 0.3) is 0 Å². The summed E-state index contributed by atoms with van der Waals surface area (Å²) >= 11 is 0. The first kappa shape index (κ1) is 7.25. The van der Waals surface area contributed by atoms with Crippen LogP contribution in [-0.2, 0) is 0 Å². The standard InChI is InChI=1S/C11H12N2O2/c14-12-9-3-1-4-7-5-2-11(7,8(4)9)10(13-15)6(3)5/h3-8,14-15H,1-2H2/b12-9-,13-10?. The first-order valence-corrected chi connectivity index (χ1v) is 5.79. The fourth-order valence-corrected chi connectivity index (χ4v) is 6.20. The van der Waals surface area contributed by atoms with Crippen molar-refractivity contribution in [2.45, 2.75) is 12.8 Å². The fourth-order valence-electron chi connectivity index (χ4n) is 6.20. The van der Waals surface area contributed by atoms with Gasteiger partial charge < -0.3 is 10.4 Å². The second-order valence-electron chi connectivity index (χ2n) is 5.95. The van der Waals surface area contributed by atoms with Crippen LogP contribution in [0.1, 0.15) is 12.8 Å². The normalized spacial score (nSPS) is 71.2. The summed E-state index contributed by atoms with van der Waals surface area (Å²) in [4.78, 5) is 0. The molecule has 7 fully saturated rings. The second-order valence-corrected chi connectivity index (χ2v) is 5.95. The highest BCUT2D eigenvalue weighted by Crippen LogP contribution is 2.87. The maximum atomic E-state index is 9.18. The molecule has 7 atom stereocenters. The quantitative estimate of drug-likeness (QED) is 0.459. The van der Waals surface area contributed by atoms with Crippen molar-refractivity contribution >= 4 is 11.4 Å². The second kappa shape index (κ2) is 1.70. The summed E-state index contributed by atoms with van der Waals surface area (Å²) < 4.78 is 0. The number of hydrogen-bond donors (Lipinski definition) is 2. The molecule has 0 aromatic rings. The molecule has 78 valence electrons. The predicted molar refractivity (Wildman–Crippen MR) is 51.1 cm³/mol. The van der Waals surface area contributed by atoms with E-state index in [0.29, 0.717) is 17.8 Å². The Balaban J connectivity index is 1.84. The molecule has 7 bridgehead atoms. The fraction of sp³-hybridized carbons (Fsp3) is 0.818. The first-order valence-electron chi connectivity index (χ1n) is 5.79. The third-order valence-corrected chi connectivity index (χ3v) is 6.21. The van der Waals surface area contributed by atoms with Gasteiger partial charge in [-0.25, -0.2) is 0 Å². The Bertz CT molecular complexity index is 450. The third-order valence-electron chi connectivity index (χ3n) is 6.21. The van der Waals surface area contributed by atoms with Crippen molar-refractivity contribution in [1.82, 2.24) is 0 Å². The van der Waals surface area contributed by atoms with Crippen molar-refractivity contribution in [1.29, 1.82) is 0 Å². The Kier molecular flexibility index (Phi) is 0.822. The van der Waals surface area contributed by atoms with Gasteiger partial charge in [0.15, 0.2) is 0 Å². The molecule has 0 heterocycles.